The summed E-state index contributed by atoms with van der Waals surface area (Å²) < 4.78 is 0. The zero-order valence-electron chi connectivity index (χ0n) is 13.0. The van der Waals surface area contributed by atoms with E-state index in [9.17, 15) is 5.11 Å². The fourth-order valence-corrected chi connectivity index (χ4v) is 2.73. The molecule has 0 aliphatic heterocycles. The van der Waals surface area contributed by atoms with Crippen LogP contribution in [0.2, 0.25) is 5.02 Å². The fourth-order valence-electron chi connectivity index (χ4n) is 2.57. The number of phenols is 1. The zero-order valence-corrected chi connectivity index (χ0v) is 13.7. The van der Waals surface area contributed by atoms with Crippen LogP contribution < -0.4 is 5.73 Å². The SMILES string of the molecule is CCCCc1cc(CN)cc(-n2nc3ccc(Cl)cc3n2)c1O. The highest BCUT2D eigenvalue weighted by Crippen LogP contribution is 2.29. The van der Waals surface area contributed by atoms with Crippen LogP contribution in [0.5, 0.6) is 5.75 Å². The maximum absolute atomic E-state index is 10.6. The van der Waals surface area contributed by atoms with Gasteiger partial charge in [-0.15, -0.1) is 15.0 Å². The summed E-state index contributed by atoms with van der Waals surface area (Å²) in [6, 6.07) is 9.11. The second kappa shape index (κ2) is 6.56. The predicted molar refractivity (Wildman–Crippen MR) is 92.0 cm³/mol. The van der Waals surface area contributed by atoms with Crippen molar-refractivity contribution in [2.45, 2.75) is 32.7 Å². The highest BCUT2D eigenvalue weighted by Gasteiger charge is 2.14. The lowest BCUT2D eigenvalue weighted by Gasteiger charge is -2.11. The first-order chi connectivity index (χ1) is 11.1. The number of hydrogen-bond donors (Lipinski definition) is 2. The summed E-state index contributed by atoms with van der Waals surface area (Å²) in [6.07, 6.45) is 2.87. The molecule has 0 bridgehead atoms. The number of hydrogen-bond acceptors (Lipinski definition) is 4. The van der Waals surface area contributed by atoms with Gasteiger partial charge in [0.25, 0.3) is 0 Å². The molecule has 0 radical (unpaired) electrons. The van der Waals surface area contributed by atoms with Gasteiger partial charge in [-0.25, -0.2) is 0 Å². The number of rotatable bonds is 5. The zero-order chi connectivity index (χ0) is 16.4. The lowest BCUT2D eigenvalue weighted by atomic mass is 10.0. The van der Waals surface area contributed by atoms with Crippen LogP contribution in [0.25, 0.3) is 16.7 Å². The Morgan fingerprint density at radius 3 is 2.70 bits per heavy atom. The summed E-state index contributed by atoms with van der Waals surface area (Å²) in [4.78, 5) is 1.45. The molecule has 0 saturated carbocycles. The molecule has 2 aromatic carbocycles. The molecule has 0 atom stereocenters. The Hall–Kier alpha value is -2.11. The largest absolute Gasteiger partial charge is 0.505 e. The molecule has 0 fully saturated rings. The molecule has 23 heavy (non-hydrogen) atoms. The molecule has 3 rings (SSSR count). The van der Waals surface area contributed by atoms with Gasteiger partial charge < -0.3 is 10.8 Å². The molecule has 3 N–H and O–H groups in total. The minimum atomic E-state index is 0.210. The molecular weight excluding hydrogens is 312 g/mol. The average Bonchev–Trinajstić information content (AvgIpc) is 2.96. The van der Waals surface area contributed by atoms with Crippen molar-refractivity contribution in [3.8, 4) is 11.4 Å². The standard InChI is InChI=1S/C17H19ClN4O/c1-2-3-4-12-7-11(10-19)8-16(17(12)23)22-20-14-6-5-13(18)9-15(14)21-22/h5-9,23H,2-4,10,19H2,1H3. The maximum atomic E-state index is 10.6. The molecule has 0 aliphatic carbocycles. The van der Waals surface area contributed by atoms with Crippen LogP contribution in [-0.4, -0.2) is 20.1 Å². The van der Waals surface area contributed by atoms with Crippen molar-refractivity contribution in [2.24, 2.45) is 5.73 Å². The second-order valence-electron chi connectivity index (χ2n) is 5.55. The van der Waals surface area contributed by atoms with E-state index in [0.717, 1.165) is 35.9 Å². The van der Waals surface area contributed by atoms with Crippen molar-refractivity contribution < 1.29 is 5.11 Å². The van der Waals surface area contributed by atoms with Gasteiger partial charge in [0.2, 0.25) is 0 Å². The molecule has 0 amide bonds. The predicted octanol–water partition coefficient (Wildman–Crippen LogP) is 3.58. The van der Waals surface area contributed by atoms with Gasteiger partial charge in [0.15, 0.2) is 0 Å². The minimum absolute atomic E-state index is 0.210. The van der Waals surface area contributed by atoms with Crippen LogP contribution in [0, 0.1) is 0 Å². The second-order valence-corrected chi connectivity index (χ2v) is 5.99. The number of aryl methyl sites for hydroxylation is 1. The number of benzene rings is 2. The van der Waals surface area contributed by atoms with Crippen molar-refractivity contribution >= 4 is 22.6 Å². The van der Waals surface area contributed by atoms with E-state index in [4.69, 9.17) is 17.3 Å². The normalized spacial score (nSPS) is 11.3. The first kappa shape index (κ1) is 15.8. The van der Waals surface area contributed by atoms with E-state index in [1.54, 1.807) is 12.1 Å². The van der Waals surface area contributed by atoms with Gasteiger partial charge in [0.1, 0.15) is 22.5 Å². The average molecular weight is 331 g/mol. The summed E-state index contributed by atoms with van der Waals surface area (Å²) in [6.45, 7) is 2.52. The van der Waals surface area contributed by atoms with E-state index in [2.05, 4.69) is 17.1 Å². The molecule has 1 aromatic heterocycles. The van der Waals surface area contributed by atoms with Gasteiger partial charge in [-0.05, 0) is 48.2 Å². The van der Waals surface area contributed by atoms with Crippen molar-refractivity contribution in [3.63, 3.8) is 0 Å². The number of unbranched alkanes of at least 4 members (excludes halogenated alkanes) is 1. The highest BCUT2D eigenvalue weighted by molar-refractivity contribution is 6.31. The Morgan fingerprint density at radius 2 is 1.96 bits per heavy atom. The van der Waals surface area contributed by atoms with Gasteiger partial charge in [-0.3, -0.25) is 0 Å². The first-order valence-corrected chi connectivity index (χ1v) is 8.08. The van der Waals surface area contributed by atoms with Crippen molar-refractivity contribution in [2.75, 3.05) is 0 Å². The molecule has 0 aliphatic rings. The number of halogens is 1. The third kappa shape index (κ3) is 3.16. The molecular formula is C17H19ClN4O. The Kier molecular flexibility index (Phi) is 4.50. The fraction of sp³-hybridized carbons (Fsp3) is 0.294. The van der Waals surface area contributed by atoms with Crippen LogP contribution in [0.1, 0.15) is 30.9 Å². The van der Waals surface area contributed by atoms with E-state index in [-0.39, 0.29) is 5.75 Å². The Morgan fingerprint density at radius 1 is 1.17 bits per heavy atom. The van der Waals surface area contributed by atoms with Crippen molar-refractivity contribution in [3.05, 3.63) is 46.5 Å². The monoisotopic (exact) mass is 330 g/mol. The Bertz CT molecular complexity index is 844. The van der Waals surface area contributed by atoms with E-state index >= 15 is 0 Å². The highest BCUT2D eigenvalue weighted by atomic mass is 35.5. The van der Waals surface area contributed by atoms with Gasteiger partial charge in [-0.1, -0.05) is 31.0 Å². The topological polar surface area (TPSA) is 77.0 Å². The molecule has 1 heterocycles. The Balaban J connectivity index is 2.12. The number of phenolic OH excluding ortho intramolecular Hbond substituents is 1. The molecule has 0 unspecified atom stereocenters. The lowest BCUT2D eigenvalue weighted by Crippen LogP contribution is -2.05. The van der Waals surface area contributed by atoms with Crippen LogP contribution in [0.4, 0.5) is 0 Å². The Labute approximate surface area is 139 Å². The van der Waals surface area contributed by atoms with Crippen molar-refractivity contribution in [1.82, 2.24) is 15.0 Å². The number of aromatic hydroxyl groups is 1. The first-order valence-electron chi connectivity index (χ1n) is 7.70. The maximum Gasteiger partial charge on any atom is 0.146 e. The molecule has 120 valence electrons. The van der Waals surface area contributed by atoms with E-state index < -0.39 is 0 Å². The minimum Gasteiger partial charge on any atom is -0.505 e. The van der Waals surface area contributed by atoms with E-state index in [1.165, 1.54) is 4.80 Å². The number of aromatic nitrogens is 3. The summed E-state index contributed by atoms with van der Waals surface area (Å²) in [5.41, 5.74) is 9.57. The van der Waals surface area contributed by atoms with Crippen molar-refractivity contribution in [1.29, 1.82) is 0 Å². The smallest absolute Gasteiger partial charge is 0.146 e. The molecule has 6 heteroatoms. The van der Waals surface area contributed by atoms with Crippen LogP contribution in [0.3, 0.4) is 0 Å². The van der Waals surface area contributed by atoms with Gasteiger partial charge >= 0.3 is 0 Å². The molecule has 0 saturated heterocycles. The molecule has 3 aromatic rings. The molecule has 0 spiro atoms. The van der Waals surface area contributed by atoms with Crippen LogP contribution >= 0.6 is 11.6 Å². The van der Waals surface area contributed by atoms with Gasteiger partial charge in [-0.2, -0.15) is 0 Å². The summed E-state index contributed by atoms with van der Waals surface area (Å²) >= 11 is 5.99. The summed E-state index contributed by atoms with van der Waals surface area (Å²) in [5.74, 6) is 0.210. The number of fused-ring (bicyclic) bond motifs is 1. The quantitative estimate of drug-likeness (QED) is 0.749. The summed E-state index contributed by atoms with van der Waals surface area (Å²) in [7, 11) is 0. The third-order valence-electron chi connectivity index (χ3n) is 3.82. The van der Waals surface area contributed by atoms with E-state index in [1.807, 2.05) is 18.2 Å². The molecule has 5 nitrogen and oxygen atoms in total. The number of nitrogens with two attached hydrogens (primary N) is 1. The third-order valence-corrected chi connectivity index (χ3v) is 4.06. The van der Waals surface area contributed by atoms with Gasteiger partial charge in [0, 0.05) is 11.6 Å². The lowest BCUT2D eigenvalue weighted by molar-refractivity contribution is 0.459. The van der Waals surface area contributed by atoms with E-state index in [0.29, 0.717) is 22.8 Å². The summed E-state index contributed by atoms with van der Waals surface area (Å²) in [5, 5.41) is 20.1. The number of nitrogens with zero attached hydrogens (tertiary/aromatic N) is 3. The van der Waals surface area contributed by atoms with Crippen LogP contribution in [0.15, 0.2) is 30.3 Å². The van der Waals surface area contributed by atoms with Crippen LogP contribution in [-0.2, 0) is 13.0 Å². The van der Waals surface area contributed by atoms with Gasteiger partial charge in [0.05, 0.1) is 0 Å².